The molecule has 0 aliphatic carbocycles. The first-order chi connectivity index (χ1) is 20.1. The van der Waals surface area contributed by atoms with Crippen LogP contribution in [0.5, 0.6) is 17.2 Å². The van der Waals surface area contributed by atoms with E-state index in [1.54, 1.807) is 7.11 Å². The minimum Gasteiger partial charge on any atom is -0.496 e. The maximum absolute atomic E-state index is 8.60. The van der Waals surface area contributed by atoms with E-state index in [4.69, 9.17) is 30.2 Å². The Balaban J connectivity index is 1.76. The molecule has 0 aromatic heterocycles. The molecule has 9 heteroatoms. The van der Waals surface area contributed by atoms with Crippen molar-refractivity contribution in [1.82, 2.24) is 0 Å². The van der Waals surface area contributed by atoms with E-state index in [9.17, 15) is 0 Å². The summed E-state index contributed by atoms with van der Waals surface area (Å²) in [4.78, 5) is 5.10. The number of benzene rings is 4. The number of morpholine rings is 1. The van der Waals surface area contributed by atoms with Gasteiger partial charge in [-0.05, 0) is 47.2 Å². The number of nitrogen functional groups attached to an aromatic ring is 1. The first-order valence-corrected chi connectivity index (χ1v) is 13.9. The van der Waals surface area contributed by atoms with Gasteiger partial charge in [-0.1, -0.05) is 48.8 Å². The van der Waals surface area contributed by atoms with Crippen molar-refractivity contribution >= 4 is 22.1 Å². The van der Waals surface area contributed by atoms with Gasteiger partial charge in [-0.15, -0.1) is 0 Å². The van der Waals surface area contributed by atoms with Crippen LogP contribution >= 0.6 is 0 Å². The van der Waals surface area contributed by atoms with Gasteiger partial charge in [-0.25, -0.2) is 0 Å². The first kappa shape index (κ1) is 28.0. The molecular formula is C32H35N5O4. The standard InChI is InChI=1S/C32H35N5O4/c1-3-4-14-40-31-20-28(33)32(22-8-6-5-7-9-22)27-19-29(37-12-15-39-16-13-37)25(18-26(27)31)24-11-10-23(17-30(24)38-2)41-21-35-36-34/h5-11,17-20H,3-4,12-16,21,33H2,1-2H3. The van der Waals surface area contributed by atoms with Gasteiger partial charge < -0.3 is 29.6 Å². The van der Waals surface area contributed by atoms with Crippen molar-refractivity contribution in [3.8, 4) is 39.5 Å². The lowest BCUT2D eigenvalue weighted by Gasteiger charge is -2.32. The number of azide groups is 1. The molecule has 2 N–H and O–H groups in total. The molecule has 1 aliphatic rings. The molecule has 212 valence electrons. The molecule has 0 amide bonds. The second kappa shape index (κ2) is 13.2. The molecule has 0 unspecified atom stereocenters. The summed E-state index contributed by atoms with van der Waals surface area (Å²) in [6.07, 6.45) is 1.99. The van der Waals surface area contributed by atoms with Crippen molar-refractivity contribution < 1.29 is 18.9 Å². The summed E-state index contributed by atoms with van der Waals surface area (Å²) in [7, 11) is 1.64. The van der Waals surface area contributed by atoms with Crippen LogP contribution in [0.1, 0.15) is 19.8 Å². The lowest BCUT2D eigenvalue weighted by atomic mass is 9.91. The Morgan fingerprint density at radius 1 is 0.951 bits per heavy atom. The highest BCUT2D eigenvalue weighted by Gasteiger charge is 2.23. The van der Waals surface area contributed by atoms with Gasteiger partial charge >= 0.3 is 0 Å². The molecule has 5 rings (SSSR count). The van der Waals surface area contributed by atoms with Gasteiger partial charge in [-0.2, -0.15) is 0 Å². The minimum absolute atomic E-state index is 0.101. The van der Waals surface area contributed by atoms with E-state index in [1.807, 2.05) is 42.5 Å². The van der Waals surface area contributed by atoms with Crippen LogP contribution in [0.3, 0.4) is 0 Å². The second-order valence-electron chi connectivity index (χ2n) is 9.79. The SMILES string of the molecule is CCCCOc1cc(N)c(-c2ccccc2)c2cc(N3CCOCC3)c(-c3ccc(OCN=[N+]=[N-])cc3OC)cc12. The first-order valence-electron chi connectivity index (χ1n) is 13.9. The number of unbranched alkanes of at least 4 members (excludes halogenated alkanes) is 1. The zero-order valence-corrected chi connectivity index (χ0v) is 23.5. The normalized spacial score (nSPS) is 13.1. The van der Waals surface area contributed by atoms with Crippen LogP contribution in [0, 0.1) is 0 Å². The number of hydrogen-bond acceptors (Lipinski definition) is 7. The molecule has 1 saturated heterocycles. The molecule has 0 radical (unpaired) electrons. The van der Waals surface area contributed by atoms with E-state index in [1.165, 1.54) is 0 Å². The highest BCUT2D eigenvalue weighted by molar-refractivity contribution is 6.09. The number of anilines is 2. The van der Waals surface area contributed by atoms with E-state index in [0.29, 0.717) is 37.0 Å². The average molecular weight is 554 g/mol. The zero-order chi connectivity index (χ0) is 28.6. The molecule has 9 nitrogen and oxygen atoms in total. The summed E-state index contributed by atoms with van der Waals surface area (Å²) >= 11 is 0. The largest absolute Gasteiger partial charge is 0.496 e. The van der Waals surface area contributed by atoms with Crippen LogP contribution in [0.15, 0.2) is 71.8 Å². The van der Waals surface area contributed by atoms with Crippen LogP contribution in [-0.2, 0) is 4.74 Å². The molecular weight excluding hydrogens is 518 g/mol. The van der Waals surface area contributed by atoms with Crippen molar-refractivity contribution in [3.63, 3.8) is 0 Å². The van der Waals surface area contributed by atoms with Gasteiger partial charge in [-0.3, -0.25) is 0 Å². The highest BCUT2D eigenvalue weighted by Crippen LogP contribution is 2.47. The zero-order valence-electron chi connectivity index (χ0n) is 23.5. The molecule has 0 atom stereocenters. The third kappa shape index (κ3) is 6.11. The van der Waals surface area contributed by atoms with E-state index in [-0.39, 0.29) is 6.73 Å². The number of hydrogen-bond donors (Lipinski definition) is 1. The maximum Gasteiger partial charge on any atom is 0.167 e. The topological polar surface area (TPSA) is 115 Å². The van der Waals surface area contributed by atoms with Crippen LogP contribution in [0.25, 0.3) is 43.5 Å². The third-order valence-electron chi connectivity index (χ3n) is 7.23. The molecule has 0 bridgehead atoms. The Labute approximate surface area is 240 Å². The smallest absolute Gasteiger partial charge is 0.167 e. The summed E-state index contributed by atoms with van der Waals surface area (Å²) in [5.41, 5.74) is 21.0. The Kier molecular flexibility index (Phi) is 8.98. The maximum atomic E-state index is 8.60. The fourth-order valence-electron chi connectivity index (χ4n) is 5.21. The van der Waals surface area contributed by atoms with Crippen molar-refractivity contribution in [3.05, 3.63) is 77.2 Å². The van der Waals surface area contributed by atoms with Crippen molar-refractivity contribution in [2.45, 2.75) is 19.8 Å². The van der Waals surface area contributed by atoms with Crippen LogP contribution in [0.4, 0.5) is 11.4 Å². The Morgan fingerprint density at radius 2 is 1.76 bits per heavy atom. The van der Waals surface area contributed by atoms with Gasteiger partial charge in [0.2, 0.25) is 0 Å². The van der Waals surface area contributed by atoms with E-state index < -0.39 is 0 Å². The Morgan fingerprint density at radius 3 is 2.49 bits per heavy atom. The van der Waals surface area contributed by atoms with Gasteiger partial charge in [0, 0.05) is 63.6 Å². The lowest BCUT2D eigenvalue weighted by molar-refractivity contribution is 0.123. The van der Waals surface area contributed by atoms with Gasteiger partial charge in [0.15, 0.2) is 6.73 Å². The minimum atomic E-state index is -0.101. The highest BCUT2D eigenvalue weighted by atomic mass is 16.5. The average Bonchev–Trinajstić information content (AvgIpc) is 3.01. The summed E-state index contributed by atoms with van der Waals surface area (Å²) in [6, 6.07) is 22.2. The summed E-state index contributed by atoms with van der Waals surface area (Å²) < 4.78 is 23.5. The molecule has 0 spiro atoms. The Hall–Kier alpha value is -4.59. The fraction of sp³-hybridized carbons (Fsp3) is 0.312. The molecule has 0 saturated carbocycles. The van der Waals surface area contributed by atoms with Gasteiger partial charge in [0.05, 0.1) is 26.9 Å². The number of methoxy groups -OCH3 is 1. The van der Waals surface area contributed by atoms with Gasteiger partial charge in [0.1, 0.15) is 17.2 Å². The summed E-state index contributed by atoms with van der Waals surface area (Å²) in [6.45, 7) is 5.47. The fourth-order valence-corrected chi connectivity index (χ4v) is 5.21. The lowest BCUT2D eigenvalue weighted by Crippen LogP contribution is -2.36. The number of ether oxygens (including phenoxy) is 4. The second-order valence-corrected chi connectivity index (χ2v) is 9.79. The number of nitrogens with two attached hydrogens (primary N) is 1. The molecule has 41 heavy (non-hydrogen) atoms. The summed E-state index contributed by atoms with van der Waals surface area (Å²) in [5.74, 6) is 1.95. The van der Waals surface area contributed by atoms with Crippen molar-refractivity contribution in [1.29, 1.82) is 0 Å². The number of fused-ring (bicyclic) bond motifs is 1. The van der Waals surface area contributed by atoms with E-state index in [2.05, 4.69) is 46.1 Å². The molecule has 1 heterocycles. The van der Waals surface area contributed by atoms with E-state index in [0.717, 1.165) is 70.4 Å². The molecule has 1 fully saturated rings. The summed E-state index contributed by atoms with van der Waals surface area (Å²) in [5, 5.41) is 5.48. The molecule has 1 aliphatic heterocycles. The van der Waals surface area contributed by atoms with Gasteiger partial charge in [0.25, 0.3) is 0 Å². The number of nitrogens with zero attached hydrogens (tertiary/aromatic N) is 4. The van der Waals surface area contributed by atoms with Crippen LogP contribution < -0.4 is 24.8 Å². The van der Waals surface area contributed by atoms with Crippen LogP contribution in [-0.4, -0.2) is 46.8 Å². The molecule has 4 aromatic rings. The predicted octanol–water partition coefficient (Wildman–Crippen LogP) is 7.43. The van der Waals surface area contributed by atoms with Crippen LogP contribution in [0.2, 0.25) is 0 Å². The third-order valence-corrected chi connectivity index (χ3v) is 7.23. The predicted molar refractivity (Wildman–Crippen MR) is 164 cm³/mol. The number of rotatable bonds is 11. The van der Waals surface area contributed by atoms with E-state index >= 15 is 0 Å². The van der Waals surface area contributed by atoms with Crippen molar-refractivity contribution in [2.75, 3.05) is 57.4 Å². The monoisotopic (exact) mass is 553 g/mol. The van der Waals surface area contributed by atoms with Crippen molar-refractivity contribution in [2.24, 2.45) is 5.11 Å². The Bertz CT molecular complexity index is 1550. The molecule has 4 aromatic carbocycles. The quantitative estimate of drug-likeness (QED) is 0.0679.